The molecule has 2 heterocycles. The van der Waals surface area contributed by atoms with Crippen molar-refractivity contribution in [1.29, 1.82) is 0 Å². The molecule has 7 nitrogen and oxygen atoms in total. The zero-order chi connectivity index (χ0) is 16.1. The molecule has 22 heavy (non-hydrogen) atoms. The summed E-state index contributed by atoms with van der Waals surface area (Å²) in [7, 11) is 1.86. The summed E-state index contributed by atoms with van der Waals surface area (Å²) >= 11 is 0. The highest BCUT2D eigenvalue weighted by atomic mass is 16.6. The first-order valence-corrected chi connectivity index (χ1v) is 8.03. The fourth-order valence-corrected chi connectivity index (χ4v) is 2.93. The van der Waals surface area contributed by atoms with Crippen molar-refractivity contribution in [2.24, 2.45) is 0 Å². The van der Waals surface area contributed by atoms with E-state index in [1.54, 1.807) is 0 Å². The Hall–Kier alpha value is -1.92. The van der Waals surface area contributed by atoms with E-state index < -0.39 is 0 Å². The van der Waals surface area contributed by atoms with Gasteiger partial charge >= 0.3 is 5.69 Å². The van der Waals surface area contributed by atoms with E-state index in [1.165, 1.54) is 12.7 Å². The largest absolute Gasteiger partial charge is 0.354 e. The van der Waals surface area contributed by atoms with Crippen LogP contribution in [0.2, 0.25) is 0 Å². The van der Waals surface area contributed by atoms with Crippen LogP contribution in [-0.2, 0) is 0 Å². The van der Waals surface area contributed by atoms with E-state index in [-0.39, 0.29) is 16.7 Å². The average molecular weight is 307 g/mol. The van der Waals surface area contributed by atoms with Crippen molar-refractivity contribution in [2.45, 2.75) is 52.0 Å². The molecular weight excluding hydrogens is 282 g/mol. The molecule has 1 unspecified atom stereocenters. The highest BCUT2D eigenvalue weighted by Crippen LogP contribution is 2.36. The van der Waals surface area contributed by atoms with Gasteiger partial charge in [0.2, 0.25) is 11.6 Å². The van der Waals surface area contributed by atoms with Gasteiger partial charge in [0, 0.05) is 26.2 Å². The van der Waals surface area contributed by atoms with Crippen LogP contribution in [0, 0.1) is 10.1 Å². The van der Waals surface area contributed by atoms with Crippen LogP contribution in [-0.4, -0.2) is 41.1 Å². The molecule has 1 aromatic heterocycles. The first kappa shape index (κ1) is 16.5. The van der Waals surface area contributed by atoms with Gasteiger partial charge in [-0.15, -0.1) is 0 Å². The summed E-state index contributed by atoms with van der Waals surface area (Å²) in [6.07, 6.45) is 6.72. The molecule has 7 heteroatoms. The van der Waals surface area contributed by atoms with Gasteiger partial charge in [-0.05, 0) is 32.6 Å². The SMILES string of the molecule is CCCCN(C)c1ncnc(N2CCCCC2C)c1[N+](=O)[O-]. The molecule has 1 aliphatic heterocycles. The first-order valence-electron chi connectivity index (χ1n) is 8.03. The lowest BCUT2D eigenvalue weighted by atomic mass is 10.0. The minimum absolute atomic E-state index is 0.0369. The molecule has 2 rings (SSSR count). The maximum absolute atomic E-state index is 11.6. The third-order valence-corrected chi connectivity index (χ3v) is 4.25. The Morgan fingerprint density at radius 3 is 2.86 bits per heavy atom. The summed E-state index contributed by atoms with van der Waals surface area (Å²) in [5, 5.41) is 11.6. The van der Waals surface area contributed by atoms with E-state index >= 15 is 0 Å². The monoisotopic (exact) mass is 307 g/mol. The molecule has 0 radical (unpaired) electrons. The predicted octanol–water partition coefficient (Wildman–Crippen LogP) is 3.00. The molecule has 0 aliphatic carbocycles. The average Bonchev–Trinajstić information content (AvgIpc) is 2.52. The maximum atomic E-state index is 11.6. The van der Waals surface area contributed by atoms with E-state index in [4.69, 9.17) is 0 Å². The number of hydrogen-bond donors (Lipinski definition) is 0. The number of piperidine rings is 1. The van der Waals surface area contributed by atoms with Gasteiger partial charge in [-0.25, -0.2) is 9.97 Å². The van der Waals surface area contributed by atoms with Gasteiger partial charge in [-0.1, -0.05) is 13.3 Å². The molecule has 1 atom stereocenters. The summed E-state index contributed by atoms with van der Waals surface area (Å²) in [5.74, 6) is 0.881. The highest BCUT2D eigenvalue weighted by molar-refractivity contribution is 5.71. The van der Waals surface area contributed by atoms with Crippen molar-refractivity contribution in [3.05, 3.63) is 16.4 Å². The Kier molecular flexibility index (Phi) is 5.51. The lowest BCUT2D eigenvalue weighted by molar-refractivity contribution is -0.383. The Morgan fingerprint density at radius 1 is 1.45 bits per heavy atom. The number of nitrogens with zero attached hydrogens (tertiary/aromatic N) is 5. The van der Waals surface area contributed by atoms with Crippen molar-refractivity contribution in [3.63, 3.8) is 0 Å². The topological polar surface area (TPSA) is 75.4 Å². The van der Waals surface area contributed by atoms with Gasteiger partial charge < -0.3 is 9.80 Å². The van der Waals surface area contributed by atoms with E-state index in [1.807, 2.05) is 11.9 Å². The molecule has 0 bridgehead atoms. The summed E-state index contributed by atoms with van der Waals surface area (Å²) in [4.78, 5) is 23.6. The molecule has 0 aromatic carbocycles. The molecule has 0 saturated carbocycles. The quantitative estimate of drug-likeness (QED) is 0.594. The van der Waals surface area contributed by atoms with Crippen LogP contribution in [0.1, 0.15) is 46.0 Å². The Bertz CT molecular complexity index is 523. The van der Waals surface area contributed by atoms with Crippen LogP contribution in [0.5, 0.6) is 0 Å². The number of rotatable bonds is 6. The third-order valence-electron chi connectivity index (χ3n) is 4.25. The summed E-state index contributed by atoms with van der Waals surface area (Å²) in [6, 6.07) is 0.274. The van der Waals surface area contributed by atoms with Gasteiger partial charge in [0.25, 0.3) is 0 Å². The second-order valence-electron chi connectivity index (χ2n) is 5.94. The van der Waals surface area contributed by atoms with Crippen molar-refractivity contribution in [2.75, 3.05) is 29.9 Å². The van der Waals surface area contributed by atoms with E-state index in [0.29, 0.717) is 11.6 Å². The van der Waals surface area contributed by atoms with Crippen LogP contribution in [0.3, 0.4) is 0 Å². The van der Waals surface area contributed by atoms with Gasteiger partial charge in [0.15, 0.2) is 0 Å². The minimum atomic E-state index is -0.339. The van der Waals surface area contributed by atoms with E-state index in [0.717, 1.165) is 38.8 Å². The second-order valence-corrected chi connectivity index (χ2v) is 5.94. The van der Waals surface area contributed by atoms with Crippen LogP contribution >= 0.6 is 0 Å². The summed E-state index contributed by atoms with van der Waals surface area (Å²) in [6.45, 7) is 5.77. The van der Waals surface area contributed by atoms with Gasteiger partial charge in [0.1, 0.15) is 6.33 Å². The molecule has 0 spiro atoms. The standard InChI is InChI=1S/C15H25N5O2/c1-4-5-9-18(3)14-13(20(21)22)15(17-11-16-14)19-10-7-6-8-12(19)2/h11-12H,4-10H2,1-3H3. The lowest BCUT2D eigenvalue weighted by Gasteiger charge is -2.34. The molecular formula is C15H25N5O2. The fourth-order valence-electron chi connectivity index (χ4n) is 2.93. The van der Waals surface area contributed by atoms with Crippen molar-refractivity contribution >= 4 is 17.3 Å². The van der Waals surface area contributed by atoms with Gasteiger partial charge in [-0.3, -0.25) is 10.1 Å². The van der Waals surface area contributed by atoms with E-state index in [9.17, 15) is 10.1 Å². The van der Waals surface area contributed by atoms with Gasteiger partial charge in [-0.2, -0.15) is 0 Å². The first-order chi connectivity index (χ1) is 10.6. The lowest BCUT2D eigenvalue weighted by Crippen LogP contribution is -2.38. The Labute approximate surface area is 131 Å². The zero-order valence-electron chi connectivity index (χ0n) is 13.7. The van der Waals surface area contributed by atoms with Gasteiger partial charge in [0.05, 0.1) is 4.92 Å². The zero-order valence-corrected chi connectivity index (χ0v) is 13.7. The second kappa shape index (κ2) is 7.38. The molecule has 1 saturated heterocycles. The van der Waals surface area contributed by atoms with Crippen LogP contribution in [0.4, 0.5) is 17.3 Å². The van der Waals surface area contributed by atoms with Crippen molar-refractivity contribution < 1.29 is 4.92 Å². The minimum Gasteiger partial charge on any atom is -0.354 e. The molecule has 1 fully saturated rings. The maximum Gasteiger partial charge on any atom is 0.353 e. The molecule has 1 aliphatic rings. The number of hydrogen-bond acceptors (Lipinski definition) is 6. The summed E-state index contributed by atoms with van der Waals surface area (Å²) in [5.41, 5.74) is 0.0369. The number of nitro groups is 1. The van der Waals surface area contributed by atoms with Crippen molar-refractivity contribution in [3.8, 4) is 0 Å². The number of anilines is 2. The highest BCUT2D eigenvalue weighted by Gasteiger charge is 2.31. The third kappa shape index (κ3) is 3.45. The smallest absolute Gasteiger partial charge is 0.353 e. The van der Waals surface area contributed by atoms with Crippen LogP contribution < -0.4 is 9.80 Å². The number of aromatic nitrogens is 2. The fraction of sp³-hybridized carbons (Fsp3) is 0.733. The predicted molar refractivity (Wildman–Crippen MR) is 87.5 cm³/mol. The van der Waals surface area contributed by atoms with Crippen molar-refractivity contribution in [1.82, 2.24) is 9.97 Å². The molecule has 122 valence electrons. The van der Waals surface area contributed by atoms with E-state index in [2.05, 4.69) is 28.7 Å². The molecule has 0 N–H and O–H groups in total. The normalized spacial score (nSPS) is 18.3. The summed E-state index contributed by atoms with van der Waals surface area (Å²) < 4.78 is 0. The number of unbranched alkanes of at least 4 members (excludes halogenated alkanes) is 1. The molecule has 1 aromatic rings. The van der Waals surface area contributed by atoms with Crippen LogP contribution in [0.25, 0.3) is 0 Å². The van der Waals surface area contributed by atoms with Crippen LogP contribution in [0.15, 0.2) is 6.33 Å². The Morgan fingerprint density at radius 2 is 2.23 bits per heavy atom. The Balaban J connectivity index is 2.39. The molecule has 0 amide bonds.